The first-order valence-corrected chi connectivity index (χ1v) is 9.46. The third kappa shape index (κ3) is 4.31. The molecule has 0 saturated carbocycles. The van der Waals surface area contributed by atoms with Crippen LogP contribution in [0.25, 0.3) is 5.69 Å². The Morgan fingerprint density at radius 2 is 1.90 bits per heavy atom. The number of hydrogen-bond donors (Lipinski definition) is 1. The number of carbonyl (C=O) groups is 1. The van der Waals surface area contributed by atoms with Gasteiger partial charge < -0.3 is 14.4 Å². The second kappa shape index (κ2) is 8.22. The molecule has 1 aromatic carbocycles. The van der Waals surface area contributed by atoms with Crippen LogP contribution in [0, 0.1) is 6.92 Å². The number of benzene rings is 1. The number of ether oxygens (including phenoxy) is 2. The summed E-state index contributed by atoms with van der Waals surface area (Å²) in [5, 5.41) is 7.40. The summed E-state index contributed by atoms with van der Waals surface area (Å²) in [6.45, 7) is 3.12. The van der Waals surface area contributed by atoms with Crippen molar-refractivity contribution in [2.24, 2.45) is 0 Å². The molecule has 1 N–H and O–H groups in total. The minimum absolute atomic E-state index is 0.0262. The molecule has 0 aliphatic carbocycles. The summed E-state index contributed by atoms with van der Waals surface area (Å²) in [5.74, 6) is 2.06. The van der Waals surface area contributed by atoms with Crippen molar-refractivity contribution < 1.29 is 14.3 Å². The fraction of sp³-hybridized carbons (Fsp3) is 0.286. The van der Waals surface area contributed by atoms with Gasteiger partial charge in [0, 0.05) is 37.1 Å². The number of aryl methyl sites for hydroxylation is 1. The molecule has 8 nitrogen and oxygen atoms in total. The summed E-state index contributed by atoms with van der Waals surface area (Å²) in [6, 6.07) is 12.9. The molecule has 2 amide bonds. The molecule has 1 aliphatic rings. The zero-order valence-electron chi connectivity index (χ0n) is 16.4. The van der Waals surface area contributed by atoms with Crippen molar-refractivity contribution in [3.63, 3.8) is 0 Å². The maximum absolute atomic E-state index is 12.6. The molecule has 2 aromatic heterocycles. The van der Waals surface area contributed by atoms with E-state index in [4.69, 9.17) is 9.47 Å². The van der Waals surface area contributed by atoms with Gasteiger partial charge in [-0.15, -0.1) is 5.10 Å². The fourth-order valence-electron chi connectivity index (χ4n) is 3.33. The number of likely N-dealkylation sites (tertiary alicyclic amines) is 1. The molecule has 150 valence electrons. The smallest absolute Gasteiger partial charge is 0.323 e. The Morgan fingerprint density at radius 3 is 2.62 bits per heavy atom. The topological polar surface area (TPSA) is 81.5 Å². The minimum atomic E-state index is -0.176. The Bertz CT molecular complexity index is 972. The number of nitrogens with zero attached hydrogens (tertiary/aromatic N) is 4. The number of anilines is 1. The molecule has 1 atom stereocenters. The first-order valence-electron chi connectivity index (χ1n) is 9.46. The van der Waals surface area contributed by atoms with Crippen LogP contribution in [-0.2, 0) is 0 Å². The summed E-state index contributed by atoms with van der Waals surface area (Å²) >= 11 is 0. The summed E-state index contributed by atoms with van der Waals surface area (Å²) in [5.41, 5.74) is 1.82. The lowest BCUT2D eigenvalue weighted by atomic mass is 10.3. The standard InChI is InChI=1S/C21H23N5O3/c1-15-13-20(24-26(15)16-3-5-17(28-2)6-4-16)23-21(27)25-12-9-19(14-25)29-18-7-10-22-11-8-18/h3-8,10-11,13,19H,9,12,14H2,1-2H3,(H,23,24,27). The second-order valence-corrected chi connectivity index (χ2v) is 6.87. The van der Waals surface area contributed by atoms with Gasteiger partial charge in [-0.05, 0) is 43.3 Å². The van der Waals surface area contributed by atoms with Gasteiger partial charge in [0.15, 0.2) is 5.82 Å². The first kappa shape index (κ1) is 18.8. The van der Waals surface area contributed by atoms with E-state index in [1.165, 1.54) is 0 Å². The molecule has 1 aliphatic heterocycles. The molecule has 4 rings (SSSR count). The number of carbonyl (C=O) groups excluding carboxylic acids is 1. The molecule has 0 bridgehead atoms. The van der Waals surface area contributed by atoms with Crippen LogP contribution in [0.1, 0.15) is 12.1 Å². The second-order valence-electron chi connectivity index (χ2n) is 6.87. The number of rotatable bonds is 5. The normalized spacial score (nSPS) is 15.9. The maximum atomic E-state index is 12.6. The summed E-state index contributed by atoms with van der Waals surface area (Å²) < 4.78 is 12.9. The van der Waals surface area contributed by atoms with Gasteiger partial charge in [-0.3, -0.25) is 10.3 Å². The average molecular weight is 393 g/mol. The van der Waals surface area contributed by atoms with E-state index in [-0.39, 0.29) is 12.1 Å². The van der Waals surface area contributed by atoms with E-state index in [9.17, 15) is 4.79 Å². The van der Waals surface area contributed by atoms with Crippen LogP contribution in [0.5, 0.6) is 11.5 Å². The van der Waals surface area contributed by atoms with Gasteiger partial charge in [-0.25, -0.2) is 9.48 Å². The van der Waals surface area contributed by atoms with E-state index in [0.717, 1.165) is 29.3 Å². The molecule has 3 heterocycles. The van der Waals surface area contributed by atoms with Crippen molar-refractivity contribution >= 4 is 11.8 Å². The molecule has 0 radical (unpaired) electrons. The number of methoxy groups -OCH3 is 1. The first-order chi connectivity index (χ1) is 14.1. The highest BCUT2D eigenvalue weighted by Gasteiger charge is 2.28. The van der Waals surface area contributed by atoms with Gasteiger partial charge in [0.1, 0.15) is 17.6 Å². The van der Waals surface area contributed by atoms with E-state index in [1.807, 2.05) is 49.4 Å². The number of pyridine rings is 1. The average Bonchev–Trinajstić information content (AvgIpc) is 3.35. The molecular weight excluding hydrogens is 370 g/mol. The van der Waals surface area contributed by atoms with Gasteiger partial charge >= 0.3 is 6.03 Å². The molecule has 1 unspecified atom stereocenters. The summed E-state index contributed by atoms with van der Waals surface area (Å²) in [7, 11) is 1.63. The lowest BCUT2D eigenvalue weighted by Gasteiger charge is -2.17. The lowest BCUT2D eigenvalue weighted by molar-refractivity contribution is 0.194. The Kier molecular flexibility index (Phi) is 5.33. The Hall–Kier alpha value is -3.55. The van der Waals surface area contributed by atoms with E-state index in [2.05, 4.69) is 15.4 Å². The highest BCUT2D eigenvalue weighted by atomic mass is 16.5. The number of nitrogens with one attached hydrogen (secondary N) is 1. The van der Waals surface area contributed by atoms with Gasteiger partial charge in [0.05, 0.1) is 19.3 Å². The van der Waals surface area contributed by atoms with Crippen molar-refractivity contribution in [1.29, 1.82) is 0 Å². The quantitative estimate of drug-likeness (QED) is 0.720. The molecule has 1 fully saturated rings. The third-order valence-electron chi connectivity index (χ3n) is 4.82. The Morgan fingerprint density at radius 1 is 1.14 bits per heavy atom. The van der Waals surface area contributed by atoms with Crippen LogP contribution in [0.4, 0.5) is 10.6 Å². The summed E-state index contributed by atoms with van der Waals surface area (Å²) in [6.07, 6.45) is 4.14. The van der Waals surface area contributed by atoms with Crippen LogP contribution in [-0.4, -0.2) is 52.0 Å². The molecule has 0 spiro atoms. The van der Waals surface area contributed by atoms with Gasteiger partial charge in [0.2, 0.25) is 0 Å². The van der Waals surface area contributed by atoms with Crippen molar-refractivity contribution in [2.75, 3.05) is 25.5 Å². The summed E-state index contributed by atoms with van der Waals surface area (Å²) in [4.78, 5) is 18.4. The van der Waals surface area contributed by atoms with E-state index in [0.29, 0.717) is 18.9 Å². The Balaban J connectivity index is 1.37. The zero-order valence-corrected chi connectivity index (χ0v) is 16.4. The van der Waals surface area contributed by atoms with Crippen molar-refractivity contribution in [2.45, 2.75) is 19.4 Å². The van der Waals surface area contributed by atoms with Gasteiger partial charge in [0.25, 0.3) is 0 Å². The monoisotopic (exact) mass is 393 g/mol. The molecule has 8 heteroatoms. The van der Waals surface area contributed by atoms with Gasteiger partial charge in [-0.2, -0.15) is 0 Å². The molecule has 29 heavy (non-hydrogen) atoms. The van der Waals surface area contributed by atoms with E-state index in [1.54, 1.807) is 29.1 Å². The molecular formula is C21H23N5O3. The van der Waals surface area contributed by atoms with Crippen molar-refractivity contribution in [3.8, 4) is 17.2 Å². The number of amides is 2. The minimum Gasteiger partial charge on any atom is -0.497 e. The predicted molar refractivity (Wildman–Crippen MR) is 109 cm³/mol. The van der Waals surface area contributed by atoms with Crippen LogP contribution in [0.3, 0.4) is 0 Å². The van der Waals surface area contributed by atoms with Crippen LogP contribution < -0.4 is 14.8 Å². The molecule has 3 aromatic rings. The van der Waals surface area contributed by atoms with Crippen molar-refractivity contribution in [3.05, 3.63) is 60.6 Å². The highest BCUT2D eigenvalue weighted by Crippen LogP contribution is 2.20. The van der Waals surface area contributed by atoms with Crippen molar-refractivity contribution in [1.82, 2.24) is 19.7 Å². The molecule has 1 saturated heterocycles. The van der Waals surface area contributed by atoms with E-state index >= 15 is 0 Å². The van der Waals surface area contributed by atoms with Crippen LogP contribution in [0.15, 0.2) is 54.9 Å². The van der Waals surface area contributed by atoms with E-state index < -0.39 is 0 Å². The zero-order chi connectivity index (χ0) is 20.2. The van der Waals surface area contributed by atoms with Gasteiger partial charge in [-0.1, -0.05) is 0 Å². The number of urea groups is 1. The fourth-order valence-corrected chi connectivity index (χ4v) is 3.33. The van der Waals surface area contributed by atoms with Crippen LogP contribution >= 0.6 is 0 Å². The van der Waals surface area contributed by atoms with Crippen LogP contribution in [0.2, 0.25) is 0 Å². The SMILES string of the molecule is COc1ccc(-n2nc(NC(=O)N3CCC(Oc4ccncc4)C3)cc2C)cc1. The largest absolute Gasteiger partial charge is 0.497 e. The lowest BCUT2D eigenvalue weighted by Crippen LogP contribution is -2.34. The Labute approximate surface area is 169 Å². The highest BCUT2D eigenvalue weighted by molar-refractivity contribution is 5.88. The predicted octanol–water partition coefficient (Wildman–Crippen LogP) is 3.27. The maximum Gasteiger partial charge on any atom is 0.323 e. The number of hydrogen-bond acceptors (Lipinski definition) is 5. The third-order valence-corrected chi connectivity index (χ3v) is 4.82. The number of aromatic nitrogens is 3.